The number of fused-ring (bicyclic) bond motifs is 1. The summed E-state index contributed by atoms with van der Waals surface area (Å²) in [4.78, 5) is 12.5. The van der Waals surface area contributed by atoms with Crippen molar-refractivity contribution in [3.05, 3.63) is 41.6 Å². The zero-order valence-corrected chi connectivity index (χ0v) is 12.5. The van der Waals surface area contributed by atoms with Gasteiger partial charge in [0, 0.05) is 26.0 Å². The first-order chi connectivity index (χ1) is 10.1. The lowest BCUT2D eigenvalue weighted by Gasteiger charge is -2.13. The predicted octanol–water partition coefficient (Wildman–Crippen LogP) is 2.63. The van der Waals surface area contributed by atoms with Gasteiger partial charge < -0.3 is 5.32 Å². The van der Waals surface area contributed by atoms with Gasteiger partial charge in [-0.05, 0) is 35.2 Å². The number of rotatable bonds is 4. The Bertz CT molecular complexity index is 755. The van der Waals surface area contributed by atoms with Crippen molar-refractivity contribution in [2.75, 3.05) is 11.9 Å². The maximum absolute atomic E-state index is 5.97. The highest BCUT2D eigenvalue weighted by atomic mass is 35.5. The zero-order chi connectivity index (χ0) is 14.8. The fraction of sp³-hybridized carbons (Fsp3) is 0.286. The molecule has 0 aliphatic rings. The molecule has 0 radical (unpaired) electrons. The Morgan fingerprint density at radius 2 is 2.05 bits per heavy atom. The molecule has 3 aromatic rings. The first-order valence-corrected chi connectivity index (χ1v) is 7.02. The fourth-order valence-electron chi connectivity index (χ4n) is 2.19. The fourth-order valence-corrected chi connectivity index (χ4v) is 2.35. The minimum Gasteiger partial charge on any atom is -0.369 e. The van der Waals surface area contributed by atoms with E-state index in [1.54, 1.807) is 23.3 Å². The summed E-state index contributed by atoms with van der Waals surface area (Å²) >= 11 is 5.97. The van der Waals surface area contributed by atoms with E-state index in [0.29, 0.717) is 17.4 Å². The lowest BCUT2D eigenvalue weighted by atomic mass is 10.0. The summed E-state index contributed by atoms with van der Waals surface area (Å²) in [5.41, 5.74) is 1.94. The number of aryl methyl sites for hydroxylation is 1. The molecule has 1 unspecified atom stereocenters. The van der Waals surface area contributed by atoms with E-state index in [0.717, 1.165) is 11.9 Å². The quantitative estimate of drug-likeness (QED) is 0.750. The van der Waals surface area contributed by atoms with Crippen molar-refractivity contribution < 1.29 is 0 Å². The van der Waals surface area contributed by atoms with Crippen LogP contribution in [0.1, 0.15) is 18.4 Å². The molecule has 0 saturated carbocycles. The minimum absolute atomic E-state index is 0.213. The number of hydrogen-bond donors (Lipinski definition) is 1. The van der Waals surface area contributed by atoms with Gasteiger partial charge in [-0.2, -0.15) is 15.1 Å². The van der Waals surface area contributed by atoms with E-state index in [1.165, 1.54) is 5.56 Å². The second-order valence-corrected chi connectivity index (χ2v) is 5.25. The predicted molar refractivity (Wildman–Crippen MR) is 82.5 cm³/mol. The van der Waals surface area contributed by atoms with E-state index in [2.05, 4.69) is 32.3 Å². The van der Waals surface area contributed by atoms with E-state index in [1.807, 2.05) is 19.2 Å². The van der Waals surface area contributed by atoms with E-state index in [-0.39, 0.29) is 5.28 Å². The normalized spacial score (nSPS) is 12.5. The molecule has 1 atom stereocenters. The molecular weight excluding hydrogens is 288 g/mol. The van der Waals surface area contributed by atoms with Crippen molar-refractivity contribution >= 4 is 28.5 Å². The lowest BCUT2D eigenvalue weighted by molar-refractivity contribution is 0.784. The molecular formula is C14H15ClN6. The molecule has 3 aromatic heterocycles. The molecule has 0 aliphatic heterocycles. The molecule has 3 rings (SSSR count). The Balaban J connectivity index is 1.82. The number of nitrogens with zero attached hydrogens (tertiary/aromatic N) is 5. The molecule has 0 amide bonds. The first-order valence-electron chi connectivity index (χ1n) is 6.64. The second kappa shape index (κ2) is 5.65. The SMILES string of the molecule is CC(CNc1nc(Cl)nc2c1cnn2C)c1ccncc1. The van der Waals surface area contributed by atoms with Crippen molar-refractivity contribution in [2.24, 2.45) is 7.05 Å². The molecule has 0 aromatic carbocycles. The van der Waals surface area contributed by atoms with E-state index in [9.17, 15) is 0 Å². The minimum atomic E-state index is 0.213. The third-order valence-corrected chi connectivity index (χ3v) is 3.58. The van der Waals surface area contributed by atoms with Crippen LogP contribution < -0.4 is 5.32 Å². The Labute approximate surface area is 127 Å². The third kappa shape index (κ3) is 2.80. The van der Waals surface area contributed by atoms with Crippen LogP contribution in [0, 0.1) is 0 Å². The molecule has 1 N–H and O–H groups in total. The van der Waals surface area contributed by atoms with Gasteiger partial charge in [0.15, 0.2) is 5.65 Å². The Morgan fingerprint density at radius 3 is 2.81 bits per heavy atom. The van der Waals surface area contributed by atoms with Crippen LogP contribution in [-0.4, -0.2) is 31.3 Å². The summed E-state index contributed by atoms with van der Waals surface area (Å²) in [5.74, 6) is 1.03. The summed E-state index contributed by atoms with van der Waals surface area (Å²) < 4.78 is 1.68. The summed E-state index contributed by atoms with van der Waals surface area (Å²) in [7, 11) is 1.83. The van der Waals surface area contributed by atoms with Crippen LogP contribution in [0.2, 0.25) is 5.28 Å². The molecule has 7 heteroatoms. The van der Waals surface area contributed by atoms with Gasteiger partial charge in [-0.15, -0.1) is 0 Å². The molecule has 0 saturated heterocycles. The molecule has 3 heterocycles. The maximum Gasteiger partial charge on any atom is 0.226 e. The van der Waals surface area contributed by atoms with Crippen LogP contribution in [0.5, 0.6) is 0 Å². The second-order valence-electron chi connectivity index (χ2n) is 4.91. The molecule has 21 heavy (non-hydrogen) atoms. The van der Waals surface area contributed by atoms with Gasteiger partial charge in [-0.1, -0.05) is 6.92 Å². The van der Waals surface area contributed by atoms with Crippen molar-refractivity contribution in [1.29, 1.82) is 0 Å². The highest BCUT2D eigenvalue weighted by molar-refractivity contribution is 6.28. The highest BCUT2D eigenvalue weighted by Crippen LogP contribution is 2.22. The van der Waals surface area contributed by atoms with Crippen LogP contribution in [0.4, 0.5) is 5.82 Å². The van der Waals surface area contributed by atoms with Crippen LogP contribution in [-0.2, 0) is 7.05 Å². The van der Waals surface area contributed by atoms with Gasteiger partial charge in [0.2, 0.25) is 5.28 Å². The van der Waals surface area contributed by atoms with Crippen LogP contribution in [0.15, 0.2) is 30.7 Å². The van der Waals surface area contributed by atoms with Crippen LogP contribution in [0.25, 0.3) is 11.0 Å². The molecule has 0 bridgehead atoms. The van der Waals surface area contributed by atoms with Gasteiger partial charge in [0.05, 0.1) is 11.6 Å². The van der Waals surface area contributed by atoms with E-state index < -0.39 is 0 Å². The Morgan fingerprint density at radius 1 is 1.29 bits per heavy atom. The number of nitrogens with one attached hydrogen (secondary N) is 1. The molecule has 0 aliphatic carbocycles. The summed E-state index contributed by atoms with van der Waals surface area (Å²) in [5, 5.41) is 8.60. The average molecular weight is 303 g/mol. The maximum atomic E-state index is 5.97. The van der Waals surface area contributed by atoms with Crippen molar-refractivity contribution in [1.82, 2.24) is 24.7 Å². The Kier molecular flexibility index (Phi) is 3.70. The first kappa shape index (κ1) is 13.8. The summed E-state index contributed by atoms with van der Waals surface area (Å²) in [6.07, 6.45) is 5.34. The van der Waals surface area contributed by atoms with Gasteiger partial charge in [0.1, 0.15) is 5.82 Å². The standard InChI is InChI=1S/C14H15ClN6/c1-9(10-3-5-16-6-4-10)7-17-12-11-8-18-21(2)13(11)20-14(15)19-12/h3-6,8-9H,7H2,1-2H3,(H,17,19,20). The molecule has 6 nitrogen and oxygen atoms in total. The number of hydrogen-bond acceptors (Lipinski definition) is 5. The molecule has 0 spiro atoms. The zero-order valence-electron chi connectivity index (χ0n) is 11.8. The van der Waals surface area contributed by atoms with Crippen molar-refractivity contribution in [3.8, 4) is 0 Å². The topological polar surface area (TPSA) is 68.5 Å². The van der Waals surface area contributed by atoms with Gasteiger partial charge >= 0.3 is 0 Å². The van der Waals surface area contributed by atoms with Crippen molar-refractivity contribution in [2.45, 2.75) is 12.8 Å². The average Bonchev–Trinajstić information content (AvgIpc) is 2.87. The number of pyridine rings is 1. The monoisotopic (exact) mass is 302 g/mol. The lowest BCUT2D eigenvalue weighted by Crippen LogP contribution is -2.11. The van der Waals surface area contributed by atoms with Crippen LogP contribution >= 0.6 is 11.6 Å². The summed E-state index contributed by atoms with van der Waals surface area (Å²) in [6, 6.07) is 4.03. The number of halogens is 1. The largest absolute Gasteiger partial charge is 0.369 e. The van der Waals surface area contributed by atoms with Crippen LogP contribution in [0.3, 0.4) is 0 Å². The number of aromatic nitrogens is 5. The van der Waals surface area contributed by atoms with Crippen molar-refractivity contribution in [3.63, 3.8) is 0 Å². The Hall–Kier alpha value is -2.21. The number of anilines is 1. The third-order valence-electron chi connectivity index (χ3n) is 3.42. The molecule has 108 valence electrons. The van der Waals surface area contributed by atoms with Gasteiger partial charge in [-0.25, -0.2) is 0 Å². The van der Waals surface area contributed by atoms with E-state index >= 15 is 0 Å². The van der Waals surface area contributed by atoms with Gasteiger partial charge in [-0.3, -0.25) is 9.67 Å². The highest BCUT2D eigenvalue weighted by Gasteiger charge is 2.12. The summed E-state index contributed by atoms with van der Waals surface area (Å²) in [6.45, 7) is 2.88. The van der Waals surface area contributed by atoms with Gasteiger partial charge in [0.25, 0.3) is 0 Å². The smallest absolute Gasteiger partial charge is 0.226 e. The molecule has 0 fully saturated rings. The van der Waals surface area contributed by atoms with E-state index in [4.69, 9.17) is 11.6 Å².